The lowest BCUT2D eigenvalue weighted by Crippen LogP contribution is -2.53. The number of anilines is 2. The molecular weight excluding hydrogens is 601 g/mol. The average molecular weight is 633 g/mol. The van der Waals surface area contributed by atoms with Crippen molar-refractivity contribution in [3.05, 3.63) is 71.5 Å². The molecular formula is C30H32N8O4S2. The molecule has 1 aromatic heterocycles. The van der Waals surface area contributed by atoms with Crippen molar-refractivity contribution in [2.75, 3.05) is 43.3 Å². The Morgan fingerprint density at radius 2 is 1.82 bits per heavy atom. The number of carbonyl (C=O) groups excluding carboxylic acids is 1. The number of thiocarbonyl (C=S) groups is 1. The van der Waals surface area contributed by atoms with Crippen molar-refractivity contribution < 1.29 is 17.9 Å². The molecule has 3 aromatic rings. The molecule has 228 valence electrons. The third-order valence-electron chi connectivity index (χ3n) is 7.88. The molecule has 1 saturated heterocycles. The van der Waals surface area contributed by atoms with Gasteiger partial charge in [0.2, 0.25) is 5.95 Å². The third-order valence-corrected chi connectivity index (χ3v) is 9.63. The van der Waals surface area contributed by atoms with E-state index in [9.17, 15) is 13.2 Å². The summed E-state index contributed by atoms with van der Waals surface area (Å²) in [4.78, 5) is 34.5. The summed E-state index contributed by atoms with van der Waals surface area (Å²) in [7, 11) is -2.19. The molecule has 0 saturated carbocycles. The number of nitrogens with one attached hydrogen (secondary N) is 2. The molecule has 14 heteroatoms. The number of hydrogen-bond acceptors (Lipinski definition) is 11. The minimum Gasteiger partial charge on any atom is -0.496 e. The van der Waals surface area contributed by atoms with Crippen LogP contribution in [0.25, 0.3) is 0 Å². The summed E-state index contributed by atoms with van der Waals surface area (Å²) >= 11 is 5.80. The van der Waals surface area contributed by atoms with Crippen LogP contribution in [-0.2, 0) is 27.7 Å². The Kier molecular flexibility index (Phi) is 8.27. The molecule has 0 amide bonds. The van der Waals surface area contributed by atoms with Crippen molar-refractivity contribution in [3.63, 3.8) is 0 Å². The van der Waals surface area contributed by atoms with Crippen LogP contribution >= 0.6 is 12.2 Å². The Labute approximate surface area is 261 Å². The number of piperazine rings is 1. The second-order valence-electron chi connectivity index (χ2n) is 10.8. The number of benzene rings is 2. The number of amidine groups is 1. The zero-order chi connectivity index (χ0) is 30.8. The van der Waals surface area contributed by atoms with E-state index in [-0.39, 0.29) is 28.7 Å². The normalized spacial score (nSPS) is 19.0. The van der Waals surface area contributed by atoms with Gasteiger partial charge in [-0.3, -0.25) is 4.79 Å². The number of ether oxygens (including phenoxy) is 1. The monoisotopic (exact) mass is 632 g/mol. The maximum atomic E-state index is 12.7. The topological polar surface area (TPSA) is 141 Å². The average Bonchev–Trinajstić information content (AvgIpc) is 3.38. The first-order valence-corrected chi connectivity index (χ1v) is 16.1. The van der Waals surface area contributed by atoms with Gasteiger partial charge in [-0.25, -0.2) is 33.1 Å². The van der Waals surface area contributed by atoms with E-state index in [4.69, 9.17) is 21.9 Å². The van der Waals surface area contributed by atoms with E-state index in [1.54, 1.807) is 50.7 Å². The van der Waals surface area contributed by atoms with Crippen molar-refractivity contribution in [1.29, 1.82) is 0 Å². The van der Waals surface area contributed by atoms with Gasteiger partial charge < -0.3 is 19.9 Å². The first kappa shape index (κ1) is 29.6. The van der Waals surface area contributed by atoms with Gasteiger partial charge in [0.25, 0.3) is 10.0 Å². The van der Waals surface area contributed by atoms with E-state index in [0.29, 0.717) is 18.6 Å². The maximum absolute atomic E-state index is 12.7. The van der Waals surface area contributed by atoms with E-state index in [1.165, 1.54) is 12.4 Å². The molecule has 3 aliphatic rings. The second-order valence-corrected chi connectivity index (χ2v) is 13.0. The summed E-state index contributed by atoms with van der Waals surface area (Å²) in [6.45, 7) is 4.53. The first-order valence-electron chi connectivity index (χ1n) is 14.2. The minimum absolute atomic E-state index is 0.0188. The molecule has 2 aromatic carbocycles. The number of carbonyl (C=O) groups is 1. The smallest absolute Gasteiger partial charge is 0.264 e. The molecule has 3 aliphatic heterocycles. The summed E-state index contributed by atoms with van der Waals surface area (Å²) in [5, 5.41) is 3.49. The zero-order valence-corrected chi connectivity index (χ0v) is 25.9. The number of fused-ring (bicyclic) bond motifs is 3. The van der Waals surface area contributed by atoms with Crippen LogP contribution in [0.1, 0.15) is 29.5 Å². The number of methoxy groups -OCH3 is 1. The highest BCUT2D eigenvalue weighted by atomic mass is 32.2. The predicted octanol–water partition coefficient (Wildman–Crippen LogP) is 2.88. The molecule has 2 atom stereocenters. The largest absolute Gasteiger partial charge is 0.496 e. The number of hydrogen-bond donors (Lipinski definition) is 2. The van der Waals surface area contributed by atoms with E-state index in [2.05, 4.69) is 40.9 Å². The number of sulfonamides is 1. The molecule has 0 spiro atoms. The number of aliphatic imine (C=N–C) groups is 2. The van der Waals surface area contributed by atoms with Gasteiger partial charge in [0.1, 0.15) is 29.9 Å². The van der Waals surface area contributed by atoms with Gasteiger partial charge in [-0.2, -0.15) is 0 Å². The SMILES string of the molecule is COc1cc2c(cc1CC(C)=O)C1C(N3CCN(C(=S)Cc4ccc(S(=O)(=O)Nc5ncccn5)cc4)CC3)=NC=NC1N2. The van der Waals surface area contributed by atoms with Crippen molar-refractivity contribution in [1.82, 2.24) is 19.8 Å². The van der Waals surface area contributed by atoms with Crippen molar-refractivity contribution in [3.8, 4) is 5.75 Å². The van der Waals surface area contributed by atoms with Gasteiger partial charge in [-0.15, -0.1) is 0 Å². The van der Waals surface area contributed by atoms with Gasteiger partial charge in [-0.1, -0.05) is 24.4 Å². The number of nitrogens with zero attached hydrogens (tertiary/aromatic N) is 6. The van der Waals surface area contributed by atoms with Crippen molar-refractivity contribution in [2.45, 2.75) is 36.7 Å². The van der Waals surface area contributed by atoms with Crippen molar-refractivity contribution >= 4 is 56.8 Å². The summed E-state index contributed by atoms with van der Waals surface area (Å²) in [5.41, 5.74) is 3.79. The van der Waals surface area contributed by atoms with Crippen LogP contribution in [0.4, 0.5) is 11.6 Å². The van der Waals surface area contributed by atoms with Gasteiger partial charge in [0.15, 0.2) is 0 Å². The zero-order valence-electron chi connectivity index (χ0n) is 24.3. The third kappa shape index (κ3) is 6.13. The molecule has 0 bridgehead atoms. The lowest BCUT2D eigenvalue weighted by atomic mass is 9.93. The minimum atomic E-state index is -3.80. The van der Waals surface area contributed by atoms with Gasteiger partial charge in [0, 0.05) is 68.7 Å². The summed E-state index contributed by atoms with van der Waals surface area (Å²) in [6.07, 6.45) is 5.22. The van der Waals surface area contributed by atoms with Crippen LogP contribution in [-0.4, -0.2) is 90.6 Å². The molecule has 2 unspecified atom stereocenters. The molecule has 12 nitrogen and oxygen atoms in total. The summed E-state index contributed by atoms with van der Waals surface area (Å²) < 4.78 is 33.3. The molecule has 1 fully saturated rings. The predicted molar refractivity (Wildman–Crippen MR) is 172 cm³/mol. The molecule has 4 heterocycles. The second kappa shape index (κ2) is 12.3. The Morgan fingerprint density at radius 3 is 2.50 bits per heavy atom. The van der Waals surface area contributed by atoms with Crippen LogP contribution in [0.2, 0.25) is 0 Å². The van der Waals surface area contributed by atoms with Crippen molar-refractivity contribution in [2.24, 2.45) is 9.98 Å². The highest BCUT2D eigenvalue weighted by Crippen LogP contribution is 2.43. The fourth-order valence-corrected chi connectivity index (χ4v) is 7.06. The van der Waals surface area contributed by atoms with E-state index >= 15 is 0 Å². The van der Waals surface area contributed by atoms with Crippen LogP contribution in [0.15, 0.2) is 69.7 Å². The van der Waals surface area contributed by atoms with E-state index in [0.717, 1.165) is 59.4 Å². The van der Waals surface area contributed by atoms with Gasteiger partial charge in [0.05, 0.1) is 22.9 Å². The lowest BCUT2D eigenvalue weighted by molar-refractivity contribution is -0.116. The number of ketones is 1. The van der Waals surface area contributed by atoms with E-state index in [1.807, 2.05) is 6.07 Å². The van der Waals surface area contributed by atoms with Crippen LogP contribution in [0.3, 0.4) is 0 Å². The quantitative estimate of drug-likeness (QED) is 0.356. The summed E-state index contributed by atoms with van der Waals surface area (Å²) in [5.74, 6) is 1.66. The molecule has 0 radical (unpaired) electrons. The maximum Gasteiger partial charge on any atom is 0.264 e. The fraction of sp³-hybridized carbons (Fsp3) is 0.333. The standard InChI is InChI=1S/C30H32N8O4S2/c1-19(39)14-21-16-23-24(17-25(21)42-2)35-28-27(23)29(34-18-33-28)38-12-10-37(11-13-38)26(43)15-20-4-6-22(7-5-20)44(40,41)36-30-31-8-3-9-32-30/h3-9,16-18,27-28,35H,10-15H2,1-2H3,(H,31,32,36). The van der Waals surface area contributed by atoms with Gasteiger partial charge >= 0.3 is 0 Å². The van der Waals surface area contributed by atoms with Gasteiger partial charge in [-0.05, 0) is 42.3 Å². The molecule has 0 aliphatic carbocycles. The number of rotatable bonds is 8. The van der Waals surface area contributed by atoms with Crippen LogP contribution in [0, 0.1) is 0 Å². The number of Topliss-reactive ketones (excluding diaryl/α,β-unsaturated/α-hetero) is 1. The Morgan fingerprint density at radius 1 is 1.09 bits per heavy atom. The molecule has 44 heavy (non-hydrogen) atoms. The first-order chi connectivity index (χ1) is 21.2. The number of aromatic nitrogens is 2. The van der Waals surface area contributed by atoms with Crippen LogP contribution < -0.4 is 14.8 Å². The Hall–Kier alpha value is -4.43. The summed E-state index contributed by atoms with van der Waals surface area (Å²) in [6, 6.07) is 12.3. The Balaban J connectivity index is 1.09. The molecule has 6 rings (SSSR count). The Bertz CT molecular complexity index is 1740. The lowest BCUT2D eigenvalue weighted by Gasteiger charge is -2.40. The van der Waals surface area contributed by atoms with Crippen LogP contribution in [0.5, 0.6) is 5.75 Å². The molecule has 2 N–H and O–H groups in total. The van der Waals surface area contributed by atoms with E-state index < -0.39 is 10.0 Å². The highest BCUT2D eigenvalue weighted by Gasteiger charge is 2.41. The fourth-order valence-electron chi connectivity index (χ4n) is 5.75. The highest BCUT2D eigenvalue weighted by molar-refractivity contribution is 7.92.